The summed E-state index contributed by atoms with van der Waals surface area (Å²) in [7, 11) is 6.16. The molecule has 60 valence electrons. The zero-order valence-corrected chi connectivity index (χ0v) is 6.94. The molecule has 0 fully saturated rings. The molecule has 0 heterocycles. The van der Waals surface area contributed by atoms with Gasteiger partial charge in [-0.2, -0.15) is 0 Å². The second-order valence-electron chi connectivity index (χ2n) is 2.74. The van der Waals surface area contributed by atoms with E-state index in [1.807, 2.05) is 0 Å². The van der Waals surface area contributed by atoms with Gasteiger partial charge >= 0.3 is 0 Å². The van der Waals surface area contributed by atoms with Gasteiger partial charge in [-0.05, 0) is 0 Å². The number of nitrogens with zero attached hydrogens (tertiary/aromatic N) is 1. The molecule has 0 aromatic rings. The van der Waals surface area contributed by atoms with Gasteiger partial charge in [-0.15, -0.1) is 12.4 Å². The van der Waals surface area contributed by atoms with Crippen LogP contribution in [-0.2, 0) is 0 Å². The fourth-order valence-electron chi connectivity index (χ4n) is 0.300. The minimum atomic E-state index is 0. The molecule has 0 unspecified atom stereocenters. The van der Waals surface area contributed by atoms with Crippen LogP contribution in [0.2, 0.25) is 0 Å². The minimum absolute atomic E-state index is 0. The van der Waals surface area contributed by atoms with Gasteiger partial charge in [-0.1, -0.05) is 0 Å². The summed E-state index contributed by atoms with van der Waals surface area (Å²) in [4.78, 5) is 0. The Morgan fingerprint density at radius 2 is 1.56 bits per heavy atom. The first-order valence-corrected chi connectivity index (χ1v) is 2.47. The molecule has 0 bridgehead atoms. The molecule has 0 rings (SSSR count). The summed E-state index contributed by atoms with van der Waals surface area (Å²) in [6, 6.07) is 0. The molecule has 0 aliphatic carbocycles. The Labute approximate surface area is 61.8 Å². The zero-order chi connectivity index (χ0) is 5.91. The van der Waals surface area contributed by atoms with Gasteiger partial charge in [-0.25, -0.2) is 0 Å². The second kappa shape index (κ2) is 6.26. The highest BCUT2D eigenvalue weighted by atomic mass is 35.5. The molecule has 0 saturated heterocycles. The smallest absolute Gasteiger partial charge is 0.101 e. The third-order valence-electron chi connectivity index (χ3n) is 0.771. The minimum Gasteiger partial charge on any atom is -0.391 e. The first kappa shape index (κ1) is 16.1. The van der Waals surface area contributed by atoms with Gasteiger partial charge in [0.1, 0.15) is 6.54 Å². The van der Waals surface area contributed by atoms with Crippen molar-refractivity contribution in [3.63, 3.8) is 0 Å². The molecule has 0 radical (unpaired) electrons. The lowest BCUT2D eigenvalue weighted by molar-refractivity contribution is -0.870. The van der Waals surface area contributed by atoms with Crippen molar-refractivity contribution in [2.75, 3.05) is 34.3 Å². The molecule has 0 saturated carbocycles. The largest absolute Gasteiger partial charge is 0.391 e. The molecule has 9 heavy (non-hydrogen) atoms. The Morgan fingerprint density at radius 3 is 1.56 bits per heavy atom. The Morgan fingerprint density at radius 1 is 1.22 bits per heavy atom. The predicted octanol–water partition coefficient (Wildman–Crippen LogP) is 0.259. The van der Waals surface area contributed by atoms with E-state index in [-0.39, 0.29) is 23.7 Å². The predicted molar refractivity (Wildman–Crippen MR) is 39.7 cm³/mol. The average molecular weight is 161 g/mol. The highest BCUT2D eigenvalue weighted by Gasteiger charge is 2.02. The summed E-state index contributed by atoms with van der Waals surface area (Å²) >= 11 is 0. The van der Waals surface area contributed by atoms with E-state index >= 15 is 0 Å². The molecule has 2 nitrogen and oxygen atoms in total. The molecule has 0 aliphatic rings. The van der Waals surface area contributed by atoms with Crippen molar-refractivity contribution in [3.8, 4) is 0 Å². The summed E-state index contributed by atoms with van der Waals surface area (Å²) in [5.74, 6) is 0. The van der Waals surface area contributed by atoms with E-state index in [9.17, 15) is 0 Å². The number of quaternary nitrogens is 1. The van der Waals surface area contributed by atoms with E-state index in [4.69, 9.17) is 5.11 Å². The number of aliphatic hydroxyl groups is 1. The van der Waals surface area contributed by atoms with Crippen LogP contribution in [0.4, 0.5) is 4.70 Å². The van der Waals surface area contributed by atoms with E-state index in [1.165, 1.54) is 0 Å². The Hall–Kier alpha value is 0.140. The standard InChI is InChI=1S/C5H14NO.ClH.FH/c1-6(2,3)4-5-7;;/h7H,4-5H2,1-3H3;2*1H/q+1;;. The maximum atomic E-state index is 8.39. The van der Waals surface area contributed by atoms with Crippen LogP contribution >= 0.6 is 12.4 Å². The van der Waals surface area contributed by atoms with Crippen LogP contribution in [0.15, 0.2) is 0 Å². The van der Waals surface area contributed by atoms with Gasteiger partial charge in [0.15, 0.2) is 0 Å². The maximum Gasteiger partial charge on any atom is 0.101 e. The molecule has 0 aliphatic heterocycles. The number of hydrogen-bond donors (Lipinski definition) is 1. The first-order chi connectivity index (χ1) is 3.06. The number of halogens is 2. The van der Waals surface area contributed by atoms with Crippen molar-refractivity contribution >= 4 is 12.4 Å². The highest BCUT2D eigenvalue weighted by Crippen LogP contribution is 1.84. The number of hydrogen-bond acceptors (Lipinski definition) is 1. The van der Waals surface area contributed by atoms with Crippen LogP contribution in [0.1, 0.15) is 0 Å². The quantitative estimate of drug-likeness (QED) is 0.575. The molecular weight excluding hydrogens is 145 g/mol. The third kappa shape index (κ3) is 17.9. The van der Waals surface area contributed by atoms with Crippen molar-refractivity contribution in [3.05, 3.63) is 0 Å². The molecule has 1 N–H and O–H groups in total. The molecule has 0 aromatic heterocycles. The molecular formula is C5H16ClFNO+. The topological polar surface area (TPSA) is 20.2 Å². The molecule has 4 heteroatoms. The molecule has 0 amide bonds. The van der Waals surface area contributed by atoms with Crippen molar-refractivity contribution in [2.45, 2.75) is 0 Å². The highest BCUT2D eigenvalue weighted by molar-refractivity contribution is 5.85. The van der Waals surface area contributed by atoms with Gasteiger partial charge in [0.2, 0.25) is 0 Å². The summed E-state index contributed by atoms with van der Waals surface area (Å²) in [5.41, 5.74) is 0. The van der Waals surface area contributed by atoms with Crippen LogP contribution < -0.4 is 0 Å². The average Bonchev–Trinajstić information content (AvgIpc) is 1.30. The normalized spacial score (nSPS) is 9.33. The van der Waals surface area contributed by atoms with Crippen molar-refractivity contribution < 1.29 is 14.3 Å². The van der Waals surface area contributed by atoms with Gasteiger partial charge < -0.3 is 9.59 Å². The van der Waals surface area contributed by atoms with E-state index in [1.54, 1.807) is 0 Å². The summed E-state index contributed by atoms with van der Waals surface area (Å²) < 4.78 is 0.844. The second-order valence-corrected chi connectivity index (χ2v) is 2.74. The lowest BCUT2D eigenvalue weighted by Crippen LogP contribution is -2.36. The maximum absolute atomic E-state index is 8.39. The van der Waals surface area contributed by atoms with Gasteiger partial charge in [0, 0.05) is 0 Å². The first-order valence-electron chi connectivity index (χ1n) is 2.47. The molecule has 0 atom stereocenters. The van der Waals surface area contributed by atoms with Gasteiger partial charge in [0.25, 0.3) is 0 Å². The fourth-order valence-corrected chi connectivity index (χ4v) is 0.300. The van der Waals surface area contributed by atoms with E-state index in [2.05, 4.69) is 21.1 Å². The van der Waals surface area contributed by atoms with Gasteiger partial charge in [0.05, 0.1) is 27.7 Å². The van der Waals surface area contributed by atoms with Crippen LogP contribution in [0.5, 0.6) is 0 Å². The number of aliphatic hydroxyl groups excluding tert-OH is 1. The number of likely N-dealkylation sites (N-methyl/N-ethyl adjacent to an activating group) is 1. The Balaban J connectivity index is -0.000000180. The lowest BCUT2D eigenvalue weighted by Gasteiger charge is -2.21. The van der Waals surface area contributed by atoms with E-state index in [0.717, 1.165) is 11.0 Å². The van der Waals surface area contributed by atoms with Crippen LogP contribution in [0.3, 0.4) is 0 Å². The van der Waals surface area contributed by atoms with Crippen LogP contribution in [0.25, 0.3) is 0 Å². The van der Waals surface area contributed by atoms with E-state index < -0.39 is 0 Å². The fraction of sp³-hybridized carbons (Fsp3) is 1.00. The lowest BCUT2D eigenvalue weighted by atomic mass is 10.5. The van der Waals surface area contributed by atoms with Gasteiger partial charge in [-0.3, -0.25) is 4.70 Å². The monoisotopic (exact) mass is 160 g/mol. The molecule has 0 spiro atoms. The van der Waals surface area contributed by atoms with Crippen molar-refractivity contribution in [1.29, 1.82) is 0 Å². The summed E-state index contributed by atoms with van der Waals surface area (Å²) in [5, 5.41) is 8.39. The molecule has 0 aromatic carbocycles. The van der Waals surface area contributed by atoms with Crippen LogP contribution in [-0.4, -0.2) is 43.9 Å². The summed E-state index contributed by atoms with van der Waals surface area (Å²) in [6.07, 6.45) is 0. The van der Waals surface area contributed by atoms with Crippen molar-refractivity contribution in [2.24, 2.45) is 0 Å². The van der Waals surface area contributed by atoms with Crippen LogP contribution in [0, 0.1) is 0 Å². The van der Waals surface area contributed by atoms with Crippen molar-refractivity contribution in [1.82, 2.24) is 0 Å². The number of rotatable bonds is 2. The summed E-state index contributed by atoms with van der Waals surface area (Å²) in [6.45, 7) is 1.11. The zero-order valence-electron chi connectivity index (χ0n) is 6.13. The third-order valence-corrected chi connectivity index (χ3v) is 0.771. The van der Waals surface area contributed by atoms with E-state index in [0.29, 0.717) is 0 Å². The Bertz CT molecular complexity index is 55.4. The SMILES string of the molecule is C[N+](C)(C)CCO.Cl.F. The Kier molecular flexibility index (Phi) is 11.2.